The average molecular weight is 311 g/mol. The van der Waals surface area contributed by atoms with Crippen LogP contribution in [-0.2, 0) is 6.42 Å². The zero-order valence-electron chi connectivity index (χ0n) is 13.1. The number of nitrogens with zero attached hydrogens (tertiary/aromatic N) is 2. The molecule has 1 aliphatic carbocycles. The zero-order chi connectivity index (χ0) is 15.6. The van der Waals surface area contributed by atoms with Gasteiger partial charge in [-0.05, 0) is 49.9 Å². The molecular formula is C18H21N3O2. The summed E-state index contributed by atoms with van der Waals surface area (Å²) in [5.41, 5.74) is 2.93. The monoisotopic (exact) mass is 311 g/mol. The van der Waals surface area contributed by atoms with Crippen LogP contribution in [0, 0.1) is 0 Å². The molecule has 2 aliphatic rings. The number of carbonyl (C=O) groups excluding carboxylic acids is 1. The van der Waals surface area contributed by atoms with E-state index in [1.165, 1.54) is 30.2 Å². The molecule has 0 bridgehead atoms. The molecule has 5 heteroatoms. The smallest absolute Gasteiger partial charge is 0.273 e. The number of amides is 1. The first-order valence-corrected chi connectivity index (χ1v) is 8.36. The van der Waals surface area contributed by atoms with Crippen LogP contribution >= 0.6 is 0 Å². The maximum Gasteiger partial charge on any atom is 0.273 e. The summed E-state index contributed by atoms with van der Waals surface area (Å²) >= 11 is 0. The molecule has 4 rings (SSSR count). The number of aromatic nitrogens is 1. The van der Waals surface area contributed by atoms with Crippen molar-refractivity contribution in [1.29, 1.82) is 0 Å². The quantitative estimate of drug-likeness (QED) is 0.946. The molecule has 0 radical (unpaired) electrons. The average Bonchev–Trinajstić information content (AvgIpc) is 3.29. The lowest BCUT2D eigenvalue weighted by Crippen LogP contribution is -2.47. The second kappa shape index (κ2) is 6.16. The van der Waals surface area contributed by atoms with Crippen LogP contribution in [0.25, 0.3) is 0 Å². The van der Waals surface area contributed by atoms with E-state index in [2.05, 4.69) is 39.6 Å². The Morgan fingerprint density at radius 2 is 2.04 bits per heavy atom. The number of hydrogen-bond acceptors (Lipinski definition) is 4. The Morgan fingerprint density at radius 1 is 1.22 bits per heavy atom. The maximum absolute atomic E-state index is 12.5. The van der Waals surface area contributed by atoms with Gasteiger partial charge in [-0.25, -0.2) is 0 Å². The first kappa shape index (κ1) is 14.5. The van der Waals surface area contributed by atoms with E-state index in [1.54, 1.807) is 6.07 Å². The molecule has 2 aromatic rings. The minimum absolute atomic E-state index is 0.0160. The highest BCUT2D eigenvalue weighted by Gasteiger charge is 2.35. The summed E-state index contributed by atoms with van der Waals surface area (Å²) in [5.74, 6) is -0.162. The van der Waals surface area contributed by atoms with Gasteiger partial charge < -0.3 is 9.84 Å². The molecule has 1 aromatic carbocycles. The van der Waals surface area contributed by atoms with Gasteiger partial charge in [-0.2, -0.15) is 0 Å². The predicted octanol–water partition coefficient (Wildman–Crippen LogP) is 2.56. The molecule has 0 unspecified atom stereocenters. The highest BCUT2D eigenvalue weighted by Crippen LogP contribution is 2.34. The molecule has 5 nitrogen and oxygen atoms in total. The number of carbonyl (C=O) groups is 1. The van der Waals surface area contributed by atoms with Crippen molar-refractivity contribution in [3.8, 4) is 0 Å². The molecule has 2 heterocycles. The summed E-state index contributed by atoms with van der Waals surface area (Å²) in [6, 6.07) is 10.4. The number of hydrogen-bond donors (Lipinski definition) is 1. The van der Waals surface area contributed by atoms with Gasteiger partial charge in [-0.15, -0.1) is 0 Å². The first-order valence-electron chi connectivity index (χ1n) is 8.36. The number of aryl methyl sites for hydroxylation is 1. The van der Waals surface area contributed by atoms with Crippen molar-refractivity contribution in [3.63, 3.8) is 0 Å². The number of nitrogens with one attached hydrogen (secondary N) is 1. The molecule has 0 saturated carbocycles. The van der Waals surface area contributed by atoms with E-state index < -0.39 is 0 Å². The van der Waals surface area contributed by atoms with E-state index >= 15 is 0 Å². The second-order valence-electron chi connectivity index (χ2n) is 6.38. The third-order valence-corrected chi connectivity index (χ3v) is 5.05. The van der Waals surface area contributed by atoms with Crippen LogP contribution < -0.4 is 5.32 Å². The van der Waals surface area contributed by atoms with Crippen LogP contribution in [0.3, 0.4) is 0 Å². The van der Waals surface area contributed by atoms with Crippen molar-refractivity contribution in [2.75, 3.05) is 13.1 Å². The highest BCUT2D eigenvalue weighted by atomic mass is 16.5. The number of likely N-dealkylation sites (tertiary alicyclic amines) is 1. The second-order valence-corrected chi connectivity index (χ2v) is 6.38. The number of rotatable bonds is 3. The summed E-state index contributed by atoms with van der Waals surface area (Å²) in [7, 11) is 0. The van der Waals surface area contributed by atoms with Gasteiger partial charge in [-0.3, -0.25) is 9.69 Å². The van der Waals surface area contributed by atoms with Gasteiger partial charge in [0.25, 0.3) is 5.91 Å². The summed E-state index contributed by atoms with van der Waals surface area (Å²) < 4.78 is 4.80. The number of benzene rings is 1. The fraction of sp³-hybridized carbons (Fsp3) is 0.444. The van der Waals surface area contributed by atoms with Gasteiger partial charge in [0, 0.05) is 12.1 Å². The van der Waals surface area contributed by atoms with Crippen LogP contribution in [0.5, 0.6) is 0 Å². The van der Waals surface area contributed by atoms with Crippen molar-refractivity contribution in [2.24, 2.45) is 0 Å². The Labute approximate surface area is 135 Å². The van der Waals surface area contributed by atoms with E-state index in [9.17, 15) is 4.79 Å². The minimum Gasteiger partial charge on any atom is -0.364 e. The van der Waals surface area contributed by atoms with Gasteiger partial charge in [0.2, 0.25) is 0 Å². The lowest BCUT2D eigenvalue weighted by molar-refractivity contribution is 0.0877. The Kier molecular flexibility index (Phi) is 3.87. The van der Waals surface area contributed by atoms with Crippen LogP contribution in [0.15, 0.2) is 41.1 Å². The van der Waals surface area contributed by atoms with Crippen molar-refractivity contribution in [1.82, 2.24) is 15.4 Å². The van der Waals surface area contributed by atoms with Gasteiger partial charge in [0.05, 0.1) is 6.04 Å². The molecule has 0 spiro atoms. The molecule has 23 heavy (non-hydrogen) atoms. The van der Waals surface area contributed by atoms with E-state index in [-0.39, 0.29) is 11.9 Å². The first-order chi connectivity index (χ1) is 11.3. The van der Waals surface area contributed by atoms with Gasteiger partial charge in [0.1, 0.15) is 6.26 Å². The van der Waals surface area contributed by atoms with Crippen LogP contribution in [0.4, 0.5) is 0 Å². The third-order valence-electron chi connectivity index (χ3n) is 5.05. The van der Waals surface area contributed by atoms with E-state index in [4.69, 9.17) is 4.52 Å². The molecular weight excluding hydrogens is 290 g/mol. The fourth-order valence-electron chi connectivity index (χ4n) is 3.93. The summed E-state index contributed by atoms with van der Waals surface area (Å²) in [6.07, 6.45) is 6.10. The van der Waals surface area contributed by atoms with Crippen LogP contribution in [0.2, 0.25) is 0 Å². The minimum atomic E-state index is -0.162. The summed E-state index contributed by atoms with van der Waals surface area (Å²) in [4.78, 5) is 15.0. The van der Waals surface area contributed by atoms with Crippen molar-refractivity contribution >= 4 is 5.91 Å². The van der Waals surface area contributed by atoms with Crippen molar-refractivity contribution < 1.29 is 9.32 Å². The summed E-state index contributed by atoms with van der Waals surface area (Å²) in [5, 5.41) is 6.96. The molecule has 1 aliphatic heterocycles. The normalized spacial score (nSPS) is 24.3. The van der Waals surface area contributed by atoms with E-state index in [1.807, 2.05) is 0 Å². The molecule has 1 amide bonds. The van der Waals surface area contributed by atoms with Gasteiger partial charge in [0.15, 0.2) is 5.69 Å². The Morgan fingerprint density at radius 3 is 2.83 bits per heavy atom. The molecule has 1 aromatic heterocycles. The third kappa shape index (κ3) is 2.77. The topological polar surface area (TPSA) is 58.4 Å². The van der Waals surface area contributed by atoms with Crippen LogP contribution in [0.1, 0.15) is 46.9 Å². The molecule has 1 fully saturated rings. The summed E-state index contributed by atoms with van der Waals surface area (Å²) in [6.45, 7) is 2.26. The fourth-order valence-corrected chi connectivity index (χ4v) is 3.93. The standard InChI is InChI=1S/C18H21N3O2/c22-18(15-9-12-23-20-15)19-17-14-6-2-1-5-13(14)7-8-16(17)21-10-3-4-11-21/h1-2,5-6,9,12,16-17H,3-4,7-8,10-11H2,(H,19,22)/t16-,17-/m1/s1. The SMILES string of the molecule is O=C(N[C@@H]1c2ccccc2CC[C@H]1N1CCCC1)c1ccon1. The maximum atomic E-state index is 12.5. The lowest BCUT2D eigenvalue weighted by atomic mass is 9.83. The highest BCUT2D eigenvalue weighted by molar-refractivity contribution is 5.92. The molecule has 2 atom stereocenters. The predicted molar refractivity (Wildman–Crippen MR) is 86.1 cm³/mol. The Balaban J connectivity index is 1.64. The largest absolute Gasteiger partial charge is 0.364 e. The van der Waals surface area contributed by atoms with E-state index in [0.29, 0.717) is 11.7 Å². The number of fused-ring (bicyclic) bond motifs is 1. The van der Waals surface area contributed by atoms with Gasteiger partial charge in [-0.1, -0.05) is 29.4 Å². The zero-order valence-corrected chi connectivity index (χ0v) is 13.1. The molecule has 1 N–H and O–H groups in total. The van der Waals surface area contributed by atoms with Crippen molar-refractivity contribution in [3.05, 3.63) is 53.4 Å². The molecule has 120 valence electrons. The van der Waals surface area contributed by atoms with Crippen LogP contribution in [-0.4, -0.2) is 35.1 Å². The van der Waals surface area contributed by atoms with Gasteiger partial charge >= 0.3 is 0 Å². The van der Waals surface area contributed by atoms with Crippen molar-refractivity contribution in [2.45, 2.75) is 37.8 Å². The lowest BCUT2D eigenvalue weighted by Gasteiger charge is -2.39. The Bertz CT molecular complexity index is 677. The Hall–Kier alpha value is -2.14. The molecule has 1 saturated heterocycles. The van der Waals surface area contributed by atoms with E-state index in [0.717, 1.165) is 25.9 Å².